The van der Waals surface area contributed by atoms with Gasteiger partial charge in [0.15, 0.2) is 5.69 Å². The number of hydrogen-bond donors (Lipinski definition) is 2. The first kappa shape index (κ1) is 19.6. The van der Waals surface area contributed by atoms with Crippen molar-refractivity contribution < 1.29 is 9.59 Å². The molecule has 1 aromatic heterocycles. The molecule has 0 aliphatic heterocycles. The minimum atomic E-state index is -0.538. The lowest BCUT2D eigenvalue weighted by Crippen LogP contribution is -2.42. The van der Waals surface area contributed by atoms with E-state index in [0.29, 0.717) is 16.3 Å². The molecule has 0 saturated carbocycles. The molecule has 1 heterocycles. The minimum Gasteiger partial charge on any atom is -0.267 e. The summed E-state index contributed by atoms with van der Waals surface area (Å²) in [5.74, 6) is -1.00. The molecule has 8 heteroatoms. The predicted molar refractivity (Wildman–Crippen MR) is 107 cm³/mol. The average Bonchev–Trinajstić information content (AvgIpc) is 3.12. The highest BCUT2D eigenvalue weighted by molar-refractivity contribution is 6.30. The van der Waals surface area contributed by atoms with Crippen LogP contribution < -0.4 is 10.9 Å². The number of carbonyl (C=O) groups excluding carboxylic acids is 2. The lowest BCUT2D eigenvalue weighted by molar-refractivity contribution is 0.0843. The summed E-state index contributed by atoms with van der Waals surface area (Å²) in [5, 5.41) is 8.69. The molecule has 0 saturated heterocycles. The molecule has 2 N–H and O–H groups in total. The maximum absolute atomic E-state index is 12.6. The number of aromatic nitrogens is 3. The topological polar surface area (TPSA) is 88.9 Å². The molecule has 0 unspecified atom stereocenters. The molecule has 3 rings (SSSR count). The Hall–Kier alpha value is -3.19. The normalized spacial score (nSPS) is 10.8. The van der Waals surface area contributed by atoms with E-state index in [1.165, 1.54) is 0 Å². The van der Waals surface area contributed by atoms with Gasteiger partial charge in [-0.15, -0.1) is 5.10 Å². The number of rotatable bonds is 4. The highest BCUT2D eigenvalue weighted by atomic mass is 35.5. The summed E-state index contributed by atoms with van der Waals surface area (Å²) in [5.41, 5.74) is 7.89. The maximum Gasteiger partial charge on any atom is 0.292 e. The quantitative estimate of drug-likeness (QED) is 0.660. The number of carbonyl (C=O) groups is 2. The molecule has 0 aliphatic rings. The van der Waals surface area contributed by atoms with Gasteiger partial charge in [-0.25, -0.2) is 4.68 Å². The van der Waals surface area contributed by atoms with Gasteiger partial charge in [0, 0.05) is 10.6 Å². The summed E-state index contributed by atoms with van der Waals surface area (Å²) in [4.78, 5) is 24.8. The van der Waals surface area contributed by atoms with E-state index in [1.807, 2.05) is 45.0 Å². The molecular formula is C20H20ClN5O2. The standard InChI is InChI=1S/C20H20ClN5O2/c1-12(2)18-17(22-25-26(18)16-10-4-13(3)5-11-16)20(28)24-23-19(27)14-6-8-15(21)9-7-14/h4-12H,1-3H3,(H,23,27)(H,24,28). The first-order valence-corrected chi connectivity index (χ1v) is 9.13. The van der Waals surface area contributed by atoms with Crippen molar-refractivity contribution in [1.29, 1.82) is 0 Å². The zero-order chi connectivity index (χ0) is 20.3. The van der Waals surface area contributed by atoms with Crippen LogP contribution in [0, 0.1) is 6.92 Å². The molecule has 0 aliphatic carbocycles. The molecule has 0 atom stereocenters. The summed E-state index contributed by atoms with van der Waals surface area (Å²) >= 11 is 5.81. The van der Waals surface area contributed by atoms with Crippen molar-refractivity contribution in [2.75, 3.05) is 0 Å². The van der Waals surface area contributed by atoms with Crippen LogP contribution in [0.1, 0.15) is 51.9 Å². The van der Waals surface area contributed by atoms with E-state index in [4.69, 9.17) is 11.6 Å². The largest absolute Gasteiger partial charge is 0.292 e. The molecular weight excluding hydrogens is 378 g/mol. The van der Waals surface area contributed by atoms with Crippen LogP contribution in [0.4, 0.5) is 0 Å². The van der Waals surface area contributed by atoms with Crippen LogP contribution in [0.5, 0.6) is 0 Å². The number of amides is 2. The van der Waals surface area contributed by atoms with E-state index in [9.17, 15) is 9.59 Å². The molecule has 2 amide bonds. The van der Waals surface area contributed by atoms with E-state index in [1.54, 1.807) is 28.9 Å². The van der Waals surface area contributed by atoms with Crippen molar-refractivity contribution in [2.45, 2.75) is 26.7 Å². The number of nitrogens with one attached hydrogen (secondary N) is 2. The molecule has 3 aromatic rings. The smallest absolute Gasteiger partial charge is 0.267 e. The molecule has 0 fully saturated rings. The van der Waals surface area contributed by atoms with Gasteiger partial charge in [-0.05, 0) is 49.2 Å². The van der Waals surface area contributed by atoms with Gasteiger partial charge in [0.25, 0.3) is 11.8 Å². The predicted octanol–water partition coefficient (Wildman–Crippen LogP) is 3.43. The monoisotopic (exact) mass is 397 g/mol. The SMILES string of the molecule is Cc1ccc(-n2nnc(C(=O)NNC(=O)c3ccc(Cl)cc3)c2C(C)C)cc1. The minimum absolute atomic E-state index is 0.0102. The summed E-state index contributed by atoms with van der Waals surface area (Å²) in [6.45, 7) is 5.90. The van der Waals surface area contributed by atoms with Gasteiger partial charge < -0.3 is 0 Å². The fraction of sp³-hybridized carbons (Fsp3) is 0.200. The Morgan fingerprint density at radius 2 is 1.57 bits per heavy atom. The average molecular weight is 398 g/mol. The number of nitrogens with zero attached hydrogens (tertiary/aromatic N) is 3. The van der Waals surface area contributed by atoms with Crippen LogP contribution >= 0.6 is 11.6 Å². The number of halogens is 1. The van der Waals surface area contributed by atoms with Gasteiger partial charge in [0.2, 0.25) is 0 Å². The molecule has 144 valence electrons. The van der Waals surface area contributed by atoms with Gasteiger partial charge >= 0.3 is 0 Å². The number of aryl methyl sites for hydroxylation is 1. The van der Waals surface area contributed by atoms with Crippen LogP contribution in [0.3, 0.4) is 0 Å². The Balaban J connectivity index is 1.79. The van der Waals surface area contributed by atoms with Crippen LogP contribution in [0.25, 0.3) is 5.69 Å². The van der Waals surface area contributed by atoms with Gasteiger partial charge in [-0.3, -0.25) is 20.4 Å². The van der Waals surface area contributed by atoms with Crippen molar-refractivity contribution in [3.8, 4) is 5.69 Å². The second-order valence-electron chi connectivity index (χ2n) is 6.64. The fourth-order valence-corrected chi connectivity index (χ4v) is 2.82. The zero-order valence-electron chi connectivity index (χ0n) is 15.7. The van der Waals surface area contributed by atoms with E-state index in [2.05, 4.69) is 21.2 Å². The van der Waals surface area contributed by atoms with Crippen molar-refractivity contribution in [3.05, 3.63) is 76.1 Å². The van der Waals surface area contributed by atoms with Gasteiger partial charge in [-0.1, -0.05) is 48.4 Å². The van der Waals surface area contributed by atoms with Crippen molar-refractivity contribution in [2.24, 2.45) is 0 Å². The van der Waals surface area contributed by atoms with E-state index in [0.717, 1.165) is 11.3 Å². The molecule has 0 spiro atoms. The van der Waals surface area contributed by atoms with Crippen LogP contribution in [-0.2, 0) is 0 Å². The number of hydrogen-bond acceptors (Lipinski definition) is 4. The summed E-state index contributed by atoms with van der Waals surface area (Å²) in [7, 11) is 0. The third kappa shape index (κ3) is 4.20. The summed E-state index contributed by atoms with van der Waals surface area (Å²) < 4.78 is 1.64. The Labute approximate surface area is 167 Å². The highest BCUT2D eigenvalue weighted by Gasteiger charge is 2.23. The molecule has 2 aromatic carbocycles. The van der Waals surface area contributed by atoms with Crippen LogP contribution in [0.15, 0.2) is 48.5 Å². The number of hydrazine groups is 1. The Bertz CT molecular complexity index is 994. The second-order valence-corrected chi connectivity index (χ2v) is 7.08. The van der Waals surface area contributed by atoms with Crippen molar-refractivity contribution in [1.82, 2.24) is 25.8 Å². The Kier molecular flexibility index (Phi) is 5.75. The lowest BCUT2D eigenvalue weighted by atomic mass is 10.1. The lowest BCUT2D eigenvalue weighted by Gasteiger charge is -2.12. The Morgan fingerprint density at radius 1 is 0.964 bits per heavy atom. The molecule has 7 nitrogen and oxygen atoms in total. The van der Waals surface area contributed by atoms with E-state index < -0.39 is 11.8 Å². The third-order valence-corrected chi connectivity index (χ3v) is 4.39. The first-order chi connectivity index (χ1) is 13.4. The second kappa shape index (κ2) is 8.22. The van der Waals surface area contributed by atoms with Crippen molar-refractivity contribution in [3.63, 3.8) is 0 Å². The molecule has 0 radical (unpaired) electrons. The zero-order valence-corrected chi connectivity index (χ0v) is 16.5. The molecule has 28 heavy (non-hydrogen) atoms. The van der Waals surface area contributed by atoms with E-state index >= 15 is 0 Å². The Morgan fingerprint density at radius 3 is 2.18 bits per heavy atom. The highest BCUT2D eigenvalue weighted by Crippen LogP contribution is 2.21. The maximum atomic E-state index is 12.6. The summed E-state index contributed by atoms with van der Waals surface area (Å²) in [6.07, 6.45) is 0. The summed E-state index contributed by atoms with van der Waals surface area (Å²) in [6, 6.07) is 14.1. The van der Waals surface area contributed by atoms with Crippen LogP contribution in [0.2, 0.25) is 5.02 Å². The van der Waals surface area contributed by atoms with Crippen LogP contribution in [-0.4, -0.2) is 26.8 Å². The van der Waals surface area contributed by atoms with Crippen molar-refractivity contribution >= 4 is 23.4 Å². The van der Waals surface area contributed by atoms with E-state index in [-0.39, 0.29) is 11.6 Å². The third-order valence-electron chi connectivity index (χ3n) is 4.14. The first-order valence-electron chi connectivity index (χ1n) is 8.75. The van der Waals surface area contributed by atoms with Gasteiger partial charge in [0.05, 0.1) is 11.4 Å². The fourth-order valence-electron chi connectivity index (χ4n) is 2.69. The van der Waals surface area contributed by atoms with Gasteiger partial charge in [0.1, 0.15) is 0 Å². The van der Waals surface area contributed by atoms with Gasteiger partial charge in [-0.2, -0.15) is 0 Å². The number of benzene rings is 2. The molecule has 0 bridgehead atoms.